The van der Waals surface area contributed by atoms with Crippen LogP contribution in [0.4, 0.5) is 0 Å². The molecule has 1 aromatic rings. The monoisotopic (exact) mass is 121 g/mol. The Labute approximate surface area is 48.0 Å². The van der Waals surface area contributed by atoms with Gasteiger partial charge >= 0.3 is 17.1 Å². The number of hydrogen-bond acceptors (Lipinski definition) is 0. The van der Waals surface area contributed by atoms with E-state index in [4.69, 9.17) is 0 Å². The third-order valence-corrected chi connectivity index (χ3v) is 0.556. The Morgan fingerprint density at radius 3 is 1.67 bits per heavy atom. The molecule has 0 spiro atoms. The van der Waals surface area contributed by atoms with Gasteiger partial charge < -0.3 is 0 Å². The summed E-state index contributed by atoms with van der Waals surface area (Å²) in [5.41, 5.74) is 0. The van der Waals surface area contributed by atoms with Crippen molar-refractivity contribution in [3.05, 3.63) is 30.3 Å². The van der Waals surface area contributed by atoms with Crippen LogP contribution in [0.2, 0.25) is 0 Å². The predicted molar refractivity (Wildman–Crippen MR) is 22.0 cm³/mol. The van der Waals surface area contributed by atoms with E-state index in [1.165, 1.54) is 0 Å². The maximum Gasteiger partial charge on any atom is 3.00 e. The standard InChI is InChI=1S/C5H5.Fe/c1-2-4-5-3-1;/h1-5H;/q-1;+3. The minimum absolute atomic E-state index is 0. The van der Waals surface area contributed by atoms with Crippen LogP contribution in [0.15, 0.2) is 30.3 Å². The first-order chi connectivity index (χ1) is 2.50. The summed E-state index contributed by atoms with van der Waals surface area (Å²) >= 11 is 0. The molecule has 0 aromatic heterocycles. The smallest absolute Gasteiger partial charge is 0.214 e. The zero-order valence-corrected chi connectivity index (χ0v) is 4.34. The van der Waals surface area contributed by atoms with Gasteiger partial charge in [0.15, 0.2) is 0 Å². The molecule has 1 radical (unpaired) electrons. The van der Waals surface area contributed by atoms with E-state index in [0.29, 0.717) is 0 Å². The van der Waals surface area contributed by atoms with Gasteiger partial charge in [0.05, 0.1) is 0 Å². The number of rotatable bonds is 0. The van der Waals surface area contributed by atoms with Gasteiger partial charge in [-0.05, 0) is 0 Å². The zero-order chi connectivity index (χ0) is 3.54. The molecule has 0 aliphatic heterocycles. The average Bonchev–Trinajstić information content (AvgIpc) is 1.76. The summed E-state index contributed by atoms with van der Waals surface area (Å²) in [5, 5.41) is 0. The summed E-state index contributed by atoms with van der Waals surface area (Å²) < 4.78 is 0. The molecular formula is C5H5Fe+2. The summed E-state index contributed by atoms with van der Waals surface area (Å²) in [4.78, 5) is 0. The maximum atomic E-state index is 2.00. The van der Waals surface area contributed by atoms with Crippen LogP contribution in [0, 0.1) is 0 Å². The van der Waals surface area contributed by atoms with Gasteiger partial charge in [-0.1, -0.05) is 0 Å². The van der Waals surface area contributed by atoms with Crippen LogP contribution in [-0.4, -0.2) is 0 Å². The van der Waals surface area contributed by atoms with E-state index >= 15 is 0 Å². The van der Waals surface area contributed by atoms with Gasteiger partial charge in [-0.25, -0.2) is 12.1 Å². The molecule has 0 fully saturated rings. The van der Waals surface area contributed by atoms with Crippen molar-refractivity contribution in [1.82, 2.24) is 0 Å². The van der Waals surface area contributed by atoms with Crippen molar-refractivity contribution in [3.8, 4) is 0 Å². The van der Waals surface area contributed by atoms with Crippen molar-refractivity contribution in [2.75, 3.05) is 0 Å². The molecule has 0 unspecified atom stereocenters. The number of hydrogen-bond donors (Lipinski definition) is 0. The summed E-state index contributed by atoms with van der Waals surface area (Å²) in [7, 11) is 0. The van der Waals surface area contributed by atoms with Gasteiger partial charge in [0, 0.05) is 0 Å². The fourth-order valence-corrected chi connectivity index (χ4v) is 0.321. The fourth-order valence-electron chi connectivity index (χ4n) is 0.321. The molecule has 0 nitrogen and oxygen atoms in total. The fraction of sp³-hybridized carbons (Fsp3) is 0. The van der Waals surface area contributed by atoms with Crippen LogP contribution in [0.5, 0.6) is 0 Å². The molecule has 0 N–H and O–H groups in total. The van der Waals surface area contributed by atoms with Crippen molar-refractivity contribution in [2.24, 2.45) is 0 Å². The third-order valence-electron chi connectivity index (χ3n) is 0.556. The summed E-state index contributed by atoms with van der Waals surface area (Å²) in [6.07, 6.45) is 0. The van der Waals surface area contributed by atoms with E-state index in [0.717, 1.165) is 0 Å². The van der Waals surface area contributed by atoms with Crippen LogP contribution in [-0.2, 0) is 17.1 Å². The molecule has 1 aromatic carbocycles. The minimum Gasteiger partial charge on any atom is -0.214 e. The van der Waals surface area contributed by atoms with Gasteiger partial charge in [-0.3, -0.25) is 0 Å². The van der Waals surface area contributed by atoms with Gasteiger partial charge in [0.25, 0.3) is 0 Å². The maximum absolute atomic E-state index is 2.00. The van der Waals surface area contributed by atoms with Crippen molar-refractivity contribution < 1.29 is 17.1 Å². The SMILES string of the molecule is [Fe+3].c1cc[cH-]c1. The Morgan fingerprint density at radius 2 is 1.50 bits per heavy atom. The predicted octanol–water partition coefficient (Wildman–Crippen LogP) is 1.40. The molecule has 0 aliphatic carbocycles. The molecule has 0 saturated carbocycles. The van der Waals surface area contributed by atoms with Crippen LogP contribution < -0.4 is 0 Å². The van der Waals surface area contributed by atoms with Crippen LogP contribution in [0.1, 0.15) is 0 Å². The van der Waals surface area contributed by atoms with E-state index in [1.54, 1.807) is 0 Å². The quantitative estimate of drug-likeness (QED) is 0.359. The van der Waals surface area contributed by atoms with Gasteiger partial charge in [0.1, 0.15) is 0 Å². The molecule has 0 bridgehead atoms. The van der Waals surface area contributed by atoms with Crippen molar-refractivity contribution in [3.63, 3.8) is 0 Å². The van der Waals surface area contributed by atoms with Crippen molar-refractivity contribution in [1.29, 1.82) is 0 Å². The Bertz CT molecular complexity index is 60.4. The Morgan fingerprint density at radius 1 is 1.00 bits per heavy atom. The third kappa shape index (κ3) is 1.34. The van der Waals surface area contributed by atoms with E-state index in [-0.39, 0.29) is 17.1 Å². The first-order valence-electron chi connectivity index (χ1n) is 1.67. The first-order valence-corrected chi connectivity index (χ1v) is 1.67. The second-order valence-electron chi connectivity index (χ2n) is 0.962. The molecule has 31 valence electrons. The summed E-state index contributed by atoms with van der Waals surface area (Å²) in [6.45, 7) is 0. The van der Waals surface area contributed by atoms with Crippen LogP contribution >= 0.6 is 0 Å². The van der Waals surface area contributed by atoms with Gasteiger partial charge in [-0.15, -0.1) is 0 Å². The molecule has 0 aliphatic rings. The zero-order valence-electron chi connectivity index (χ0n) is 3.24. The second kappa shape index (κ2) is 3.07. The molecule has 6 heavy (non-hydrogen) atoms. The Balaban J connectivity index is 0.000000250. The average molecular weight is 121 g/mol. The van der Waals surface area contributed by atoms with Crippen molar-refractivity contribution >= 4 is 0 Å². The van der Waals surface area contributed by atoms with E-state index in [1.807, 2.05) is 30.3 Å². The Hall–Kier alpha value is -0.131. The van der Waals surface area contributed by atoms with E-state index < -0.39 is 0 Å². The summed E-state index contributed by atoms with van der Waals surface area (Å²) in [6, 6.07) is 10.0. The molecule has 0 saturated heterocycles. The topological polar surface area (TPSA) is 0 Å². The second-order valence-corrected chi connectivity index (χ2v) is 0.962. The molecule has 0 heterocycles. The molecule has 1 heteroatoms. The van der Waals surface area contributed by atoms with Gasteiger partial charge in [0.2, 0.25) is 0 Å². The first kappa shape index (κ1) is 5.87. The van der Waals surface area contributed by atoms with Gasteiger partial charge in [-0.2, -0.15) is 18.2 Å². The van der Waals surface area contributed by atoms with E-state index in [9.17, 15) is 0 Å². The molecular weight excluding hydrogens is 116 g/mol. The van der Waals surface area contributed by atoms with Crippen LogP contribution in [0.25, 0.3) is 0 Å². The summed E-state index contributed by atoms with van der Waals surface area (Å²) in [5.74, 6) is 0. The largest absolute Gasteiger partial charge is 3.00 e. The van der Waals surface area contributed by atoms with Crippen molar-refractivity contribution in [2.45, 2.75) is 0 Å². The van der Waals surface area contributed by atoms with E-state index in [2.05, 4.69) is 0 Å². The minimum atomic E-state index is 0. The molecule has 0 amide bonds. The normalized spacial score (nSPS) is 6.67. The Kier molecular flexibility index (Phi) is 3.01. The van der Waals surface area contributed by atoms with Crippen LogP contribution in [0.3, 0.4) is 0 Å². The molecule has 1 rings (SSSR count). The molecule has 0 atom stereocenters.